The van der Waals surface area contributed by atoms with Crippen molar-refractivity contribution in [2.45, 2.75) is 37.4 Å². The number of amides is 1. The third-order valence-corrected chi connectivity index (χ3v) is 6.41. The highest BCUT2D eigenvalue weighted by molar-refractivity contribution is 7.92. The Balaban J connectivity index is 1.88. The summed E-state index contributed by atoms with van der Waals surface area (Å²) >= 11 is 0. The quantitative estimate of drug-likeness (QED) is 0.733. The number of carbonyl (C=O) groups is 1. The zero-order valence-electron chi connectivity index (χ0n) is 9.94. The third kappa shape index (κ3) is 2.33. The Morgan fingerprint density at radius 3 is 2.47 bits per heavy atom. The summed E-state index contributed by atoms with van der Waals surface area (Å²) in [6.45, 7) is 0.610. The predicted molar refractivity (Wildman–Crippen MR) is 65.2 cm³/mol. The van der Waals surface area contributed by atoms with Crippen LogP contribution in [0.4, 0.5) is 0 Å². The second kappa shape index (κ2) is 4.57. The van der Waals surface area contributed by atoms with Gasteiger partial charge in [-0.25, -0.2) is 8.42 Å². The number of hydrogen-bond acceptors (Lipinski definition) is 4. The van der Waals surface area contributed by atoms with Crippen LogP contribution in [0, 0.1) is 5.41 Å². The molecule has 1 unspecified atom stereocenters. The summed E-state index contributed by atoms with van der Waals surface area (Å²) in [4.78, 5) is 12.0. The molecule has 0 aromatic heterocycles. The molecule has 0 aromatic carbocycles. The zero-order valence-corrected chi connectivity index (χ0v) is 10.8. The first-order valence-electron chi connectivity index (χ1n) is 6.20. The smallest absolute Gasteiger partial charge is 0.227 e. The fourth-order valence-electron chi connectivity index (χ4n) is 2.61. The van der Waals surface area contributed by atoms with Crippen molar-refractivity contribution in [1.29, 1.82) is 0 Å². The lowest BCUT2D eigenvalue weighted by Crippen LogP contribution is -2.51. The van der Waals surface area contributed by atoms with Crippen LogP contribution in [0.5, 0.6) is 0 Å². The topological polar surface area (TPSA) is 89.3 Å². The van der Waals surface area contributed by atoms with Gasteiger partial charge >= 0.3 is 0 Å². The number of nitrogens with two attached hydrogens (primary N) is 1. The maximum absolute atomic E-state index is 12.0. The summed E-state index contributed by atoms with van der Waals surface area (Å²) in [7, 11) is -2.97. The molecule has 1 saturated carbocycles. The Bertz CT molecular complexity index is 395. The highest BCUT2D eigenvalue weighted by Crippen LogP contribution is 2.40. The Kier molecular flexibility index (Phi) is 3.45. The number of hydrogen-bond donors (Lipinski definition) is 2. The van der Waals surface area contributed by atoms with E-state index in [1.807, 2.05) is 0 Å². The molecule has 0 aromatic rings. The predicted octanol–water partition coefficient (Wildman–Crippen LogP) is -0.191. The molecule has 6 heteroatoms. The van der Waals surface area contributed by atoms with Crippen molar-refractivity contribution in [3.8, 4) is 0 Å². The number of nitrogens with one attached hydrogen (secondary N) is 1. The van der Waals surface area contributed by atoms with Gasteiger partial charge in [0.05, 0.1) is 16.4 Å². The average molecular weight is 260 g/mol. The van der Waals surface area contributed by atoms with Crippen LogP contribution < -0.4 is 11.1 Å². The number of sulfone groups is 1. The van der Waals surface area contributed by atoms with Crippen LogP contribution in [-0.4, -0.2) is 38.4 Å². The van der Waals surface area contributed by atoms with E-state index in [1.165, 1.54) is 0 Å². The summed E-state index contributed by atoms with van der Waals surface area (Å²) in [5, 5.41) is 2.39. The minimum Gasteiger partial charge on any atom is -0.354 e. The van der Waals surface area contributed by atoms with Gasteiger partial charge < -0.3 is 11.1 Å². The lowest BCUT2D eigenvalue weighted by molar-refractivity contribution is -0.135. The third-order valence-electron chi connectivity index (χ3n) is 4.14. The van der Waals surface area contributed by atoms with Crippen molar-refractivity contribution >= 4 is 15.7 Å². The second-order valence-corrected chi connectivity index (χ2v) is 7.58. The molecule has 5 nitrogen and oxygen atoms in total. The lowest BCUT2D eigenvalue weighted by atomic mass is 9.68. The van der Waals surface area contributed by atoms with Crippen molar-refractivity contribution in [2.75, 3.05) is 18.8 Å². The van der Waals surface area contributed by atoms with E-state index < -0.39 is 15.3 Å². The van der Waals surface area contributed by atoms with Crippen LogP contribution in [0.1, 0.15) is 32.1 Å². The number of carbonyl (C=O) groups excluding carboxylic acids is 1. The zero-order chi connectivity index (χ0) is 12.5. The first-order valence-corrected chi connectivity index (χ1v) is 7.92. The SMILES string of the molecule is NCC1(C(=O)NCC2CCCS2(=O)=O)CCC1. The molecule has 1 aliphatic heterocycles. The molecule has 0 spiro atoms. The first kappa shape index (κ1) is 12.8. The van der Waals surface area contributed by atoms with Gasteiger partial charge in [-0.05, 0) is 25.7 Å². The summed E-state index contributed by atoms with van der Waals surface area (Å²) in [5.74, 6) is 0.198. The maximum Gasteiger partial charge on any atom is 0.227 e. The molecule has 0 bridgehead atoms. The van der Waals surface area contributed by atoms with Crippen LogP contribution in [0.25, 0.3) is 0 Å². The van der Waals surface area contributed by atoms with Crippen molar-refractivity contribution in [3.63, 3.8) is 0 Å². The van der Waals surface area contributed by atoms with E-state index in [1.54, 1.807) is 0 Å². The van der Waals surface area contributed by atoms with Gasteiger partial charge in [0.25, 0.3) is 0 Å². The number of rotatable bonds is 4. The van der Waals surface area contributed by atoms with Crippen molar-refractivity contribution in [2.24, 2.45) is 11.1 Å². The summed E-state index contributed by atoms with van der Waals surface area (Å²) in [6.07, 6.45) is 4.06. The minimum absolute atomic E-state index is 0.0617. The van der Waals surface area contributed by atoms with Crippen LogP contribution in [0.3, 0.4) is 0 Å². The van der Waals surface area contributed by atoms with Crippen LogP contribution >= 0.6 is 0 Å². The van der Waals surface area contributed by atoms with Gasteiger partial charge in [-0.1, -0.05) is 6.42 Å². The Labute approximate surface area is 102 Å². The molecule has 98 valence electrons. The van der Waals surface area contributed by atoms with E-state index >= 15 is 0 Å². The monoisotopic (exact) mass is 260 g/mol. The van der Waals surface area contributed by atoms with Gasteiger partial charge in [-0.2, -0.15) is 0 Å². The highest BCUT2D eigenvalue weighted by Gasteiger charge is 2.43. The van der Waals surface area contributed by atoms with E-state index in [2.05, 4.69) is 5.32 Å². The van der Waals surface area contributed by atoms with Gasteiger partial charge in [0.2, 0.25) is 5.91 Å². The molecule has 1 aliphatic carbocycles. The Hall–Kier alpha value is -0.620. The largest absolute Gasteiger partial charge is 0.354 e. The van der Waals surface area contributed by atoms with E-state index in [0.29, 0.717) is 19.4 Å². The van der Waals surface area contributed by atoms with Gasteiger partial charge in [0.15, 0.2) is 9.84 Å². The average Bonchev–Trinajstić information content (AvgIpc) is 2.54. The molecule has 1 saturated heterocycles. The minimum atomic E-state index is -2.97. The van der Waals surface area contributed by atoms with Gasteiger partial charge in [-0.15, -0.1) is 0 Å². The second-order valence-electron chi connectivity index (χ2n) is 5.18. The van der Waals surface area contributed by atoms with Crippen LogP contribution in [0.2, 0.25) is 0 Å². The molecule has 3 N–H and O–H groups in total. The molecule has 1 heterocycles. The molecule has 2 fully saturated rings. The lowest BCUT2D eigenvalue weighted by Gasteiger charge is -2.39. The molecule has 1 amide bonds. The van der Waals surface area contributed by atoms with Crippen molar-refractivity contribution in [3.05, 3.63) is 0 Å². The fraction of sp³-hybridized carbons (Fsp3) is 0.909. The molecule has 2 rings (SSSR count). The Morgan fingerprint density at radius 2 is 2.06 bits per heavy atom. The van der Waals surface area contributed by atoms with E-state index in [0.717, 1.165) is 19.3 Å². The van der Waals surface area contributed by atoms with E-state index in [-0.39, 0.29) is 23.5 Å². The summed E-state index contributed by atoms with van der Waals surface area (Å²) in [6, 6.07) is 0. The van der Waals surface area contributed by atoms with E-state index in [4.69, 9.17) is 5.73 Å². The molecule has 0 radical (unpaired) electrons. The van der Waals surface area contributed by atoms with E-state index in [9.17, 15) is 13.2 Å². The van der Waals surface area contributed by atoms with Crippen molar-refractivity contribution in [1.82, 2.24) is 5.32 Å². The standard InChI is InChI=1S/C11H20N2O3S/c12-8-11(4-2-5-11)10(14)13-7-9-3-1-6-17(9,15)16/h9H,1-8,12H2,(H,13,14). The Morgan fingerprint density at radius 1 is 1.35 bits per heavy atom. The maximum atomic E-state index is 12.0. The first-order chi connectivity index (χ1) is 8.00. The molecular formula is C11H20N2O3S. The van der Waals surface area contributed by atoms with Crippen molar-refractivity contribution < 1.29 is 13.2 Å². The van der Waals surface area contributed by atoms with Crippen LogP contribution in [0.15, 0.2) is 0 Å². The molecule has 1 atom stereocenters. The molecule has 2 aliphatic rings. The molecule has 17 heavy (non-hydrogen) atoms. The molecular weight excluding hydrogens is 240 g/mol. The van der Waals surface area contributed by atoms with Gasteiger partial charge in [0, 0.05) is 13.1 Å². The van der Waals surface area contributed by atoms with Gasteiger partial charge in [0.1, 0.15) is 0 Å². The fourth-order valence-corrected chi connectivity index (χ4v) is 4.37. The summed E-state index contributed by atoms with van der Waals surface area (Å²) < 4.78 is 23.2. The van der Waals surface area contributed by atoms with Gasteiger partial charge in [-0.3, -0.25) is 4.79 Å². The summed E-state index contributed by atoms with van der Waals surface area (Å²) in [5.41, 5.74) is 5.21. The normalized spacial score (nSPS) is 29.6. The highest BCUT2D eigenvalue weighted by atomic mass is 32.2. The van der Waals surface area contributed by atoms with Crippen LogP contribution in [-0.2, 0) is 14.6 Å².